The number of hydrogen-bond donors (Lipinski definition) is 2. The molecule has 4 rings (SSSR count). The molecule has 0 atom stereocenters. The monoisotopic (exact) mass is 423 g/mol. The van der Waals surface area contributed by atoms with Crippen molar-refractivity contribution in [1.29, 1.82) is 0 Å². The van der Waals surface area contributed by atoms with Gasteiger partial charge in [0.2, 0.25) is 5.91 Å². The highest BCUT2D eigenvalue weighted by molar-refractivity contribution is 6.45. The highest BCUT2D eigenvalue weighted by atomic mass is 35.5. The Balaban J connectivity index is 0.00000210. The van der Waals surface area contributed by atoms with Crippen LogP contribution in [-0.4, -0.2) is 23.6 Å². The number of nitrogens with one attached hydrogen (secondary N) is 2. The highest BCUT2D eigenvalue weighted by Gasteiger charge is 2.22. The first kappa shape index (κ1) is 20.0. The lowest BCUT2D eigenvalue weighted by Gasteiger charge is -2.11. The molecule has 2 aromatic carbocycles. The summed E-state index contributed by atoms with van der Waals surface area (Å²) in [6, 6.07) is 13.3. The lowest BCUT2D eigenvalue weighted by atomic mass is 10.1. The van der Waals surface area contributed by atoms with E-state index in [9.17, 15) is 4.79 Å². The fourth-order valence-electron chi connectivity index (χ4n) is 3.65. The van der Waals surface area contributed by atoms with Crippen molar-refractivity contribution in [3.05, 3.63) is 63.8 Å². The maximum atomic E-state index is 12.6. The third kappa shape index (κ3) is 3.94. The smallest absolute Gasteiger partial charge is 0.244 e. The molecular weight excluding hydrogens is 405 g/mol. The molecule has 0 saturated carbocycles. The van der Waals surface area contributed by atoms with Gasteiger partial charge in [-0.05, 0) is 42.8 Å². The van der Waals surface area contributed by atoms with E-state index in [2.05, 4.69) is 15.2 Å². The molecule has 0 aliphatic carbocycles. The number of aromatic nitrogens is 1. The molecule has 0 saturated heterocycles. The van der Waals surface area contributed by atoms with E-state index >= 15 is 0 Å². The van der Waals surface area contributed by atoms with Gasteiger partial charge in [0.1, 0.15) is 6.54 Å². The molecule has 0 unspecified atom stereocenters. The average Bonchev–Trinajstić information content (AvgIpc) is 2.79. The minimum absolute atomic E-state index is 0. The maximum absolute atomic E-state index is 12.6. The molecule has 2 N–H and O–H groups in total. The molecule has 27 heavy (non-hydrogen) atoms. The van der Waals surface area contributed by atoms with Crippen molar-refractivity contribution in [1.82, 2.24) is 9.88 Å². The topological polar surface area (TPSA) is 46.1 Å². The van der Waals surface area contributed by atoms with Crippen LogP contribution in [0.4, 0.5) is 5.69 Å². The van der Waals surface area contributed by atoms with Gasteiger partial charge in [0, 0.05) is 29.7 Å². The Morgan fingerprint density at radius 1 is 1.07 bits per heavy atom. The van der Waals surface area contributed by atoms with Gasteiger partial charge in [0.25, 0.3) is 0 Å². The zero-order valence-corrected chi connectivity index (χ0v) is 16.9. The summed E-state index contributed by atoms with van der Waals surface area (Å²) in [5.74, 6) is -0.0563. The van der Waals surface area contributed by atoms with Crippen molar-refractivity contribution in [2.45, 2.75) is 19.4 Å². The van der Waals surface area contributed by atoms with Crippen LogP contribution in [0.15, 0.2) is 42.5 Å². The first-order chi connectivity index (χ1) is 12.6. The van der Waals surface area contributed by atoms with Gasteiger partial charge < -0.3 is 15.2 Å². The number of hydrogen-bond acceptors (Lipinski definition) is 2. The lowest BCUT2D eigenvalue weighted by molar-refractivity contribution is -0.116. The van der Waals surface area contributed by atoms with Crippen LogP contribution in [0.25, 0.3) is 10.9 Å². The molecule has 0 radical (unpaired) electrons. The fraction of sp³-hybridized carbons (Fsp3) is 0.250. The number of nitrogens with zero attached hydrogens (tertiary/aromatic N) is 1. The second kappa shape index (κ2) is 8.53. The number of halogens is 3. The van der Waals surface area contributed by atoms with E-state index in [1.165, 1.54) is 5.56 Å². The van der Waals surface area contributed by atoms with Crippen LogP contribution in [-0.2, 0) is 24.2 Å². The van der Waals surface area contributed by atoms with Crippen molar-refractivity contribution in [2.75, 3.05) is 18.4 Å². The van der Waals surface area contributed by atoms with Gasteiger partial charge in [0.05, 0.1) is 15.6 Å². The van der Waals surface area contributed by atoms with Crippen molar-refractivity contribution in [2.24, 2.45) is 0 Å². The predicted octanol–water partition coefficient (Wildman–Crippen LogP) is 4.70. The fourth-order valence-corrected chi connectivity index (χ4v) is 4.08. The minimum atomic E-state index is -0.0563. The summed E-state index contributed by atoms with van der Waals surface area (Å²) in [5.41, 5.74) is 4.12. The van der Waals surface area contributed by atoms with Gasteiger partial charge in [-0.25, -0.2) is 0 Å². The number of fused-ring (bicyclic) bond motifs is 3. The Labute approximate surface area is 174 Å². The molecule has 3 aromatic rings. The summed E-state index contributed by atoms with van der Waals surface area (Å²) in [5, 5.41) is 8.47. The van der Waals surface area contributed by atoms with Crippen LogP contribution in [0.2, 0.25) is 10.0 Å². The summed E-state index contributed by atoms with van der Waals surface area (Å²) in [4.78, 5) is 12.6. The highest BCUT2D eigenvalue weighted by Crippen LogP contribution is 2.37. The van der Waals surface area contributed by atoms with Crippen LogP contribution < -0.4 is 10.6 Å². The van der Waals surface area contributed by atoms with Gasteiger partial charge in [-0.3, -0.25) is 4.79 Å². The van der Waals surface area contributed by atoms with E-state index in [0.717, 1.165) is 48.2 Å². The zero-order valence-electron chi connectivity index (χ0n) is 14.6. The summed E-state index contributed by atoms with van der Waals surface area (Å²) in [7, 11) is 0. The molecular formula is C20H20Cl3N3O. The predicted molar refractivity (Wildman–Crippen MR) is 115 cm³/mol. The molecule has 0 spiro atoms. The molecule has 1 amide bonds. The quantitative estimate of drug-likeness (QED) is 0.640. The van der Waals surface area contributed by atoms with Gasteiger partial charge in [-0.2, -0.15) is 0 Å². The first-order valence-electron chi connectivity index (χ1n) is 8.68. The van der Waals surface area contributed by atoms with E-state index in [1.807, 2.05) is 36.4 Å². The summed E-state index contributed by atoms with van der Waals surface area (Å²) in [6.45, 7) is 2.03. The van der Waals surface area contributed by atoms with E-state index in [1.54, 1.807) is 6.07 Å². The Morgan fingerprint density at radius 2 is 1.81 bits per heavy atom. The number of rotatable bonds is 3. The third-order valence-corrected chi connectivity index (χ3v) is 5.59. The number of para-hydroxylation sites is 1. The summed E-state index contributed by atoms with van der Waals surface area (Å²) < 4.78 is 2.08. The molecule has 1 aromatic heterocycles. The summed E-state index contributed by atoms with van der Waals surface area (Å²) in [6.07, 6.45) is 1.73. The van der Waals surface area contributed by atoms with Gasteiger partial charge in [0.15, 0.2) is 0 Å². The molecule has 2 heterocycles. The third-order valence-electron chi connectivity index (χ3n) is 4.79. The number of carbonyl (C=O) groups excluding carboxylic acids is 1. The Morgan fingerprint density at radius 3 is 2.59 bits per heavy atom. The number of anilines is 1. The Bertz CT molecular complexity index is 970. The van der Waals surface area contributed by atoms with Crippen LogP contribution in [0.5, 0.6) is 0 Å². The second-order valence-electron chi connectivity index (χ2n) is 6.43. The zero-order chi connectivity index (χ0) is 18.1. The van der Waals surface area contributed by atoms with Crippen LogP contribution in [0, 0.1) is 0 Å². The maximum Gasteiger partial charge on any atom is 0.244 e. The van der Waals surface area contributed by atoms with Crippen molar-refractivity contribution in [3.8, 4) is 0 Å². The van der Waals surface area contributed by atoms with Crippen molar-refractivity contribution in [3.63, 3.8) is 0 Å². The largest absolute Gasteiger partial charge is 0.335 e. The SMILES string of the molecule is Cl.O=C(Cn1c2c(c3c(Cl)c(Cl)ccc31)CCNCC2)Nc1ccccc1. The first-order valence-corrected chi connectivity index (χ1v) is 9.44. The molecule has 0 bridgehead atoms. The van der Waals surface area contributed by atoms with Crippen LogP contribution in [0.3, 0.4) is 0 Å². The van der Waals surface area contributed by atoms with E-state index in [4.69, 9.17) is 23.2 Å². The number of carbonyl (C=O) groups is 1. The Kier molecular flexibility index (Phi) is 6.33. The average molecular weight is 425 g/mol. The van der Waals surface area contributed by atoms with Gasteiger partial charge in [-0.15, -0.1) is 12.4 Å². The molecule has 142 valence electrons. The van der Waals surface area contributed by atoms with Crippen LogP contribution >= 0.6 is 35.6 Å². The standard InChI is InChI=1S/C20H19Cl2N3O.ClH/c21-15-6-7-17-19(20(15)22)14-8-10-23-11-9-16(14)25(17)12-18(26)24-13-4-2-1-3-5-13;/h1-7,23H,8-12H2,(H,24,26);1H. The molecule has 1 aliphatic heterocycles. The van der Waals surface area contributed by atoms with E-state index in [-0.39, 0.29) is 24.9 Å². The Hall–Kier alpha value is -1.72. The normalized spacial score (nSPS) is 13.6. The number of benzene rings is 2. The van der Waals surface area contributed by atoms with Crippen LogP contribution in [0.1, 0.15) is 11.3 Å². The van der Waals surface area contributed by atoms with Gasteiger partial charge in [-0.1, -0.05) is 41.4 Å². The van der Waals surface area contributed by atoms with Crippen molar-refractivity contribution >= 4 is 58.1 Å². The summed E-state index contributed by atoms with van der Waals surface area (Å²) >= 11 is 12.8. The molecule has 0 fully saturated rings. The minimum Gasteiger partial charge on any atom is -0.335 e. The second-order valence-corrected chi connectivity index (χ2v) is 7.22. The lowest BCUT2D eigenvalue weighted by Crippen LogP contribution is -2.21. The van der Waals surface area contributed by atoms with Crippen molar-refractivity contribution < 1.29 is 4.79 Å². The molecule has 1 aliphatic rings. The van der Waals surface area contributed by atoms with Gasteiger partial charge >= 0.3 is 0 Å². The molecule has 7 heteroatoms. The number of amides is 1. The van der Waals surface area contributed by atoms with E-state index < -0.39 is 0 Å². The van der Waals surface area contributed by atoms with E-state index in [0.29, 0.717) is 10.0 Å². The molecule has 4 nitrogen and oxygen atoms in total.